The number of carbonyl (C=O) groups is 1. The highest BCUT2D eigenvalue weighted by atomic mass is 32.2. The third-order valence-corrected chi connectivity index (χ3v) is 6.11. The topological polar surface area (TPSA) is 80.2 Å². The molecule has 1 aliphatic heterocycles. The number of esters is 1. The third-order valence-electron chi connectivity index (χ3n) is 5.04. The number of pyridine rings is 1. The van der Waals surface area contributed by atoms with Gasteiger partial charge in [0.15, 0.2) is 5.82 Å². The zero-order valence-electron chi connectivity index (χ0n) is 17.7. The lowest BCUT2D eigenvalue weighted by Crippen LogP contribution is -2.11. The molecule has 0 aliphatic carbocycles. The number of anilines is 4. The van der Waals surface area contributed by atoms with E-state index in [1.807, 2.05) is 20.2 Å². The van der Waals surface area contributed by atoms with Gasteiger partial charge in [-0.05, 0) is 56.5 Å². The molecule has 1 aromatic carbocycles. The predicted octanol–water partition coefficient (Wildman–Crippen LogP) is 5.12. The number of benzene rings is 1. The average molecular weight is 436 g/mol. The Balaban J connectivity index is 1.37. The third kappa shape index (κ3) is 5.14. The van der Waals surface area contributed by atoms with Crippen LogP contribution in [0.3, 0.4) is 0 Å². The second kappa shape index (κ2) is 9.78. The van der Waals surface area contributed by atoms with Crippen molar-refractivity contribution in [3.05, 3.63) is 54.6 Å². The fourth-order valence-electron chi connectivity index (χ4n) is 3.35. The van der Waals surface area contributed by atoms with Gasteiger partial charge in [0.1, 0.15) is 5.03 Å². The Hall–Kier alpha value is -3.13. The number of hydrogen-bond acceptors (Lipinski definition) is 8. The molecule has 4 rings (SSSR count). The minimum absolute atomic E-state index is 0.124. The SMILES string of the molecule is CCOC(=O)CCCCc1ccc(N(C)c2ccc3c(c2)Nc2nccnc2S3)cn1. The first kappa shape index (κ1) is 21.1. The summed E-state index contributed by atoms with van der Waals surface area (Å²) in [7, 11) is 2.03. The van der Waals surface area contributed by atoms with Crippen LogP contribution in [-0.2, 0) is 16.0 Å². The molecular formula is C23H25N5O2S. The molecule has 3 heterocycles. The van der Waals surface area contributed by atoms with Crippen molar-refractivity contribution in [3.8, 4) is 0 Å². The number of nitrogens with one attached hydrogen (secondary N) is 1. The first-order chi connectivity index (χ1) is 15.1. The van der Waals surface area contributed by atoms with Gasteiger partial charge in [-0.25, -0.2) is 9.97 Å². The number of aryl methyl sites for hydroxylation is 1. The van der Waals surface area contributed by atoms with Gasteiger partial charge < -0.3 is 15.0 Å². The minimum Gasteiger partial charge on any atom is -0.466 e. The summed E-state index contributed by atoms with van der Waals surface area (Å²) in [4.78, 5) is 28.0. The summed E-state index contributed by atoms with van der Waals surface area (Å²) >= 11 is 1.62. The molecule has 0 radical (unpaired) electrons. The Morgan fingerprint density at radius 1 is 1.10 bits per heavy atom. The van der Waals surface area contributed by atoms with Crippen LogP contribution in [0.25, 0.3) is 0 Å². The summed E-state index contributed by atoms with van der Waals surface area (Å²) in [5.41, 5.74) is 4.12. The molecule has 0 atom stereocenters. The lowest BCUT2D eigenvalue weighted by Gasteiger charge is -2.23. The molecule has 8 heteroatoms. The lowest BCUT2D eigenvalue weighted by atomic mass is 10.1. The van der Waals surface area contributed by atoms with Crippen LogP contribution in [0.15, 0.2) is 58.8 Å². The van der Waals surface area contributed by atoms with Crippen molar-refractivity contribution in [3.63, 3.8) is 0 Å². The predicted molar refractivity (Wildman–Crippen MR) is 122 cm³/mol. The van der Waals surface area contributed by atoms with Gasteiger partial charge in [-0.15, -0.1) is 0 Å². The van der Waals surface area contributed by atoms with Gasteiger partial charge in [-0.2, -0.15) is 0 Å². The number of fused-ring (bicyclic) bond motifs is 2. The zero-order chi connectivity index (χ0) is 21.6. The molecule has 0 unspecified atom stereocenters. The molecule has 1 N–H and O–H groups in total. The Morgan fingerprint density at radius 3 is 2.74 bits per heavy atom. The Morgan fingerprint density at radius 2 is 1.94 bits per heavy atom. The molecule has 0 fully saturated rings. The van der Waals surface area contributed by atoms with Crippen molar-refractivity contribution in [2.75, 3.05) is 23.9 Å². The normalized spacial score (nSPS) is 11.8. The summed E-state index contributed by atoms with van der Waals surface area (Å²) in [5, 5.41) is 4.26. The number of carbonyl (C=O) groups excluding carboxylic acids is 1. The number of hydrogen-bond donors (Lipinski definition) is 1. The number of nitrogens with zero attached hydrogens (tertiary/aromatic N) is 4. The minimum atomic E-state index is -0.124. The highest BCUT2D eigenvalue weighted by Crippen LogP contribution is 2.43. The monoisotopic (exact) mass is 435 g/mol. The van der Waals surface area contributed by atoms with Crippen molar-refractivity contribution in [1.82, 2.24) is 15.0 Å². The van der Waals surface area contributed by atoms with Crippen LogP contribution in [0.5, 0.6) is 0 Å². The van der Waals surface area contributed by atoms with Gasteiger partial charge in [-0.3, -0.25) is 9.78 Å². The smallest absolute Gasteiger partial charge is 0.305 e. The highest BCUT2D eigenvalue weighted by Gasteiger charge is 2.18. The molecule has 0 spiro atoms. The van der Waals surface area contributed by atoms with E-state index in [0.29, 0.717) is 13.0 Å². The second-order valence-corrected chi connectivity index (χ2v) is 8.23. The van der Waals surface area contributed by atoms with E-state index in [1.54, 1.807) is 24.2 Å². The number of unbranched alkanes of at least 4 members (excludes halogenated alkanes) is 1. The van der Waals surface area contributed by atoms with Gasteiger partial charge in [0.25, 0.3) is 0 Å². The number of ether oxygens (including phenoxy) is 1. The average Bonchev–Trinajstić information content (AvgIpc) is 2.80. The molecule has 0 saturated carbocycles. The molecule has 0 amide bonds. The van der Waals surface area contributed by atoms with Crippen LogP contribution in [0, 0.1) is 0 Å². The van der Waals surface area contributed by atoms with Gasteiger partial charge in [0.05, 0.1) is 24.2 Å². The summed E-state index contributed by atoms with van der Waals surface area (Å²) < 4.78 is 4.96. The second-order valence-electron chi connectivity index (χ2n) is 7.20. The van der Waals surface area contributed by atoms with Crippen LogP contribution in [-0.4, -0.2) is 34.6 Å². The highest BCUT2D eigenvalue weighted by molar-refractivity contribution is 7.99. The molecule has 7 nitrogen and oxygen atoms in total. The van der Waals surface area contributed by atoms with E-state index >= 15 is 0 Å². The molecular weight excluding hydrogens is 410 g/mol. The van der Waals surface area contributed by atoms with E-state index in [0.717, 1.165) is 57.8 Å². The standard InChI is InChI=1S/C23H25N5O2S/c1-3-30-21(29)7-5-4-6-16-8-9-18(15-26-16)28(2)17-10-11-20-19(14-17)27-22-23(31-20)25-13-12-24-22/h8-15H,3-7H2,1-2H3,(H,24,27). The van der Waals surface area contributed by atoms with E-state index in [2.05, 4.69) is 55.5 Å². The van der Waals surface area contributed by atoms with Crippen molar-refractivity contribution in [2.45, 2.75) is 42.5 Å². The summed E-state index contributed by atoms with van der Waals surface area (Å²) in [6.07, 6.45) is 8.34. The van der Waals surface area contributed by atoms with E-state index in [9.17, 15) is 4.79 Å². The fourth-order valence-corrected chi connectivity index (χ4v) is 4.23. The van der Waals surface area contributed by atoms with E-state index < -0.39 is 0 Å². The fraction of sp³-hybridized carbons (Fsp3) is 0.304. The number of rotatable bonds is 8. The maximum absolute atomic E-state index is 11.4. The van der Waals surface area contributed by atoms with E-state index in [-0.39, 0.29) is 5.97 Å². The first-order valence-corrected chi connectivity index (χ1v) is 11.2. The number of aromatic nitrogens is 3. The lowest BCUT2D eigenvalue weighted by molar-refractivity contribution is -0.143. The van der Waals surface area contributed by atoms with Crippen molar-refractivity contribution in [2.24, 2.45) is 0 Å². The van der Waals surface area contributed by atoms with Gasteiger partial charge >= 0.3 is 5.97 Å². The van der Waals surface area contributed by atoms with Gasteiger partial charge in [0.2, 0.25) is 0 Å². The van der Waals surface area contributed by atoms with Crippen LogP contribution in [0.2, 0.25) is 0 Å². The quantitative estimate of drug-likeness (QED) is 0.302. The molecule has 160 valence electrons. The van der Waals surface area contributed by atoms with Gasteiger partial charge in [0, 0.05) is 42.1 Å². The van der Waals surface area contributed by atoms with Crippen molar-refractivity contribution >= 4 is 40.6 Å². The molecule has 31 heavy (non-hydrogen) atoms. The van der Waals surface area contributed by atoms with Crippen molar-refractivity contribution in [1.29, 1.82) is 0 Å². The zero-order valence-corrected chi connectivity index (χ0v) is 18.5. The van der Waals surface area contributed by atoms with Crippen LogP contribution in [0.1, 0.15) is 31.9 Å². The molecule has 0 saturated heterocycles. The largest absolute Gasteiger partial charge is 0.466 e. The Labute approximate surface area is 186 Å². The van der Waals surface area contributed by atoms with E-state index in [4.69, 9.17) is 4.74 Å². The van der Waals surface area contributed by atoms with Crippen LogP contribution >= 0.6 is 11.8 Å². The maximum atomic E-state index is 11.4. The first-order valence-electron chi connectivity index (χ1n) is 10.4. The molecule has 3 aromatic rings. The molecule has 0 bridgehead atoms. The van der Waals surface area contributed by atoms with E-state index in [1.165, 1.54) is 0 Å². The molecule has 2 aromatic heterocycles. The molecule has 1 aliphatic rings. The summed E-state index contributed by atoms with van der Waals surface area (Å²) in [5.74, 6) is 0.662. The van der Waals surface area contributed by atoms with Crippen LogP contribution < -0.4 is 10.2 Å². The van der Waals surface area contributed by atoms with Gasteiger partial charge in [-0.1, -0.05) is 11.8 Å². The Bertz CT molecular complexity index is 1060. The summed E-state index contributed by atoms with van der Waals surface area (Å²) in [6.45, 7) is 2.27. The van der Waals surface area contributed by atoms with Crippen molar-refractivity contribution < 1.29 is 9.53 Å². The Kier molecular flexibility index (Phi) is 6.66. The maximum Gasteiger partial charge on any atom is 0.305 e. The van der Waals surface area contributed by atoms with Crippen LogP contribution in [0.4, 0.5) is 22.9 Å². The summed E-state index contributed by atoms with van der Waals surface area (Å²) in [6, 6.07) is 10.4.